The number of alkyl halides is 7. The van der Waals surface area contributed by atoms with Crippen LogP contribution in [-0.2, 0) is 9.53 Å². The van der Waals surface area contributed by atoms with Crippen molar-refractivity contribution in [2.45, 2.75) is 18.2 Å². The first-order valence-electron chi connectivity index (χ1n) is 3.51. The van der Waals surface area contributed by atoms with Crippen LogP contribution in [0.4, 0.5) is 30.7 Å². The molecule has 0 aliphatic carbocycles. The number of halogens is 7. The highest BCUT2D eigenvalue weighted by molar-refractivity contribution is 5.92. The van der Waals surface area contributed by atoms with Gasteiger partial charge in [0.25, 0.3) is 0 Å². The maximum Gasteiger partial charge on any atom is 0.476 e. The van der Waals surface area contributed by atoms with Crippen molar-refractivity contribution in [2.75, 3.05) is 0 Å². The Balaban J connectivity index is 5.12. The SMILES string of the molecule is C=C(C#N)C(=O)OC(F)(F)C(F)(F)C(F)(F)F. The maximum atomic E-state index is 12.4. The summed E-state index contributed by atoms with van der Waals surface area (Å²) in [6.45, 7) is 2.51. The van der Waals surface area contributed by atoms with E-state index in [9.17, 15) is 35.5 Å². The molecule has 0 aliphatic rings. The normalized spacial score (nSPS) is 12.8. The van der Waals surface area contributed by atoms with Gasteiger partial charge in [0.1, 0.15) is 11.6 Å². The fourth-order valence-corrected chi connectivity index (χ4v) is 0.453. The molecule has 96 valence electrons. The summed E-state index contributed by atoms with van der Waals surface area (Å²) >= 11 is 0. The molecule has 0 bridgehead atoms. The molecule has 10 heteroatoms. The number of hydrogen-bond acceptors (Lipinski definition) is 3. The van der Waals surface area contributed by atoms with Crippen molar-refractivity contribution in [3.8, 4) is 6.07 Å². The Labute approximate surface area is 89.1 Å². The van der Waals surface area contributed by atoms with Crippen LogP contribution in [0.15, 0.2) is 12.2 Å². The zero-order chi connectivity index (χ0) is 14.1. The first-order chi connectivity index (χ1) is 7.37. The molecule has 0 amide bonds. The fraction of sp³-hybridized carbons (Fsp3) is 0.429. The van der Waals surface area contributed by atoms with E-state index in [4.69, 9.17) is 5.26 Å². The summed E-state index contributed by atoms with van der Waals surface area (Å²) in [5.41, 5.74) is -1.34. The largest absolute Gasteiger partial charge is 0.476 e. The molecule has 0 radical (unpaired) electrons. The first kappa shape index (κ1) is 15.2. The predicted molar refractivity (Wildman–Crippen MR) is 36.8 cm³/mol. The molecule has 0 aromatic rings. The van der Waals surface area contributed by atoms with Gasteiger partial charge in [-0.15, -0.1) is 0 Å². The number of carbonyl (C=O) groups excluding carboxylic acids is 1. The molecule has 0 saturated carbocycles. The van der Waals surface area contributed by atoms with Crippen molar-refractivity contribution < 1.29 is 40.3 Å². The van der Waals surface area contributed by atoms with Crippen LogP contribution in [0.1, 0.15) is 0 Å². The molecule has 0 saturated heterocycles. The molecule has 0 aliphatic heterocycles. The van der Waals surface area contributed by atoms with E-state index in [1.807, 2.05) is 0 Å². The van der Waals surface area contributed by atoms with Crippen molar-refractivity contribution in [2.24, 2.45) is 0 Å². The van der Waals surface area contributed by atoms with E-state index in [0.29, 0.717) is 0 Å². The second kappa shape index (κ2) is 4.23. The summed E-state index contributed by atoms with van der Waals surface area (Å²) in [6.07, 6.45) is -12.8. The maximum absolute atomic E-state index is 12.4. The third-order valence-electron chi connectivity index (χ3n) is 1.32. The Hall–Kier alpha value is -1.79. The minimum absolute atomic E-state index is 0.849. The Morgan fingerprint density at radius 3 is 1.82 bits per heavy atom. The molecular weight excluding hydrogens is 263 g/mol. The van der Waals surface area contributed by atoms with Crippen LogP contribution in [0.3, 0.4) is 0 Å². The number of ether oxygens (including phenoxy) is 1. The van der Waals surface area contributed by atoms with Crippen molar-refractivity contribution in [1.29, 1.82) is 5.26 Å². The lowest BCUT2D eigenvalue weighted by Crippen LogP contribution is -2.54. The number of hydrogen-bond donors (Lipinski definition) is 0. The van der Waals surface area contributed by atoms with E-state index in [0.717, 1.165) is 6.07 Å². The third kappa shape index (κ3) is 2.86. The lowest BCUT2D eigenvalue weighted by molar-refractivity contribution is -0.411. The Morgan fingerprint density at radius 2 is 1.53 bits per heavy atom. The smallest absolute Gasteiger partial charge is 0.392 e. The monoisotopic (exact) mass is 265 g/mol. The van der Waals surface area contributed by atoms with Crippen molar-refractivity contribution in [3.63, 3.8) is 0 Å². The summed E-state index contributed by atoms with van der Waals surface area (Å²) in [7, 11) is 0. The van der Waals surface area contributed by atoms with E-state index in [2.05, 4.69) is 11.3 Å². The third-order valence-corrected chi connectivity index (χ3v) is 1.32. The van der Waals surface area contributed by atoms with Gasteiger partial charge in [0.2, 0.25) is 0 Å². The fourth-order valence-electron chi connectivity index (χ4n) is 0.453. The minimum atomic E-state index is -6.62. The van der Waals surface area contributed by atoms with Gasteiger partial charge >= 0.3 is 24.2 Å². The van der Waals surface area contributed by atoms with Crippen LogP contribution >= 0.6 is 0 Å². The lowest BCUT2D eigenvalue weighted by Gasteiger charge is -2.26. The zero-order valence-corrected chi connectivity index (χ0v) is 7.62. The summed E-state index contributed by atoms with van der Waals surface area (Å²) in [4.78, 5) is 10.4. The van der Waals surface area contributed by atoms with E-state index in [1.165, 1.54) is 0 Å². The first-order valence-corrected chi connectivity index (χ1v) is 3.51. The topological polar surface area (TPSA) is 50.1 Å². The minimum Gasteiger partial charge on any atom is -0.392 e. The van der Waals surface area contributed by atoms with Crippen LogP contribution in [-0.4, -0.2) is 24.2 Å². The number of esters is 1. The molecule has 0 heterocycles. The van der Waals surface area contributed by atoms with Gasteiger partial charge in [-0.25, -0.2) is 4.79 Å². The number of rotatable bonds is 3. The predicted octanol–water partition coefficient (Wildman–Crippen LogP) is 2.40. The van der Waals surface area contributed by atoms with Gasteiger partial charge in [-0.05, 0) is 0 Å². The summed E-state index contributed by atoms with van der Waals surface area (Å²) in [5.74, 6) is -8.95. The molecule has 0 N–H and O–H groups in total. The number of carbonyl (C=O) groups is 1. The van der Waals surface area contributed by atoms with Gasteiger partial charge in [-0.2, -0.15) is 36.0 Å². The van der Waals surface area contributed by atoms with Gasteiger partial charge in [0.15, 0.2) is 0 Å². The van der Waals surface area contributed by atoms with Crippen LogP contribution in [0.5, 0.6) is 0 Å². The molecule has 0 rings (SSSR count). The van der Waals surface area contributed by atoms with E-state index in [-0.39, 0.29) is 0 Å². The molecule has 0 unspecified atom stereocenters. The van der Waals surface area contributed by atoms with Gasteiger partial charge in [0.05, 0.1) is 0 Å². The molecular formula is C7H2F7NO2. The van der Waals surface area contributed by atoms with Crippen LogP contribution < -0.4 is 0 Å². The molecule has 0 aromatic heterocycles. The Bertz CT molecular complexity index is 379. The molecule has 0 fully saturated rings. The average molecular weight is 265 g/mol. The number of nitrogens with zero attached hydrogens (tertiary/aromatic N) is 1. The van der Waals surface area contributed by atoms with Gasteiger partial charge < -0.3 is 4.74 Å². The summed E-state index contributed by atoms with van der Waals surface area (Å²) in [6, 6.07) is 0.849. The van der Waals surface area contributed by atoms with E-state index in [1.54, 1.807) is 0 Å². The standard InChI is InChI=1S/C7H2F7NO2/c1-3(2-15)4(16)17-7(13,14)5(8,9)6(10,11)12/h1H2. The van der Waals surface area contributed by atoms with E-state index < -0.39 is 29.7 Å². The second-order valence-corrected chi connectivity index (χ2v) is 2.57. The van der Waals surface area contributed by atoms with Crippen molar-refractivity contribution >= 4 is 5.97 Å². The quantitative estimate of drug-likeness (QED) is 0.341. The number of nitriles is 1. The molecule has 0 aromatic carbocycles. The highest BCUT2D eigenvalue weighted by Crippen LogP contribution is 2.47. The molecule has 0 spiro atoms. The van der Waals surface area contributed by atoms with Crippen LogP contribution in [0.25, 0.3) is 0 Å². The highest BCUT2D eigenvalue weighted by Gasteiger charge is 2.76. The Kier molecular flexibility index (Phi) is 3.79. The molecule has 17 heavy (non-hydrogen) atoms. The molecule has 0 atom stereocenters. The lowest BCUT2D eigenvalue weighted by atomic mass is 10.3. The van der Waals surface area contributed by atoms with Gasteiger partial charge in [0, 0.05) is 0 Å². The van der Waals surface area contributed by atoms with Crippen molar-refractivity contribution in [1.82, 2.24) is 0 Å². The van der Waals surface area contributed by atoms with Crippen LogP contribution in [0.2, 0.25) is 0 Å². The summed E-state index contributed by atoms with van der Waals surface area (Å²) < 4.78 is 86.4. The van der Waals surface area contributed by atoms with Crippen LogP contribution in [0, 0.1) is 11.3 Å². The van der Waals surface area contributed by atoms with Gasteiger partial charge in [-0.3, -0.25) is 0 Å². The Morgan fingerprint density at radius 1 is 1.12 bits per heavy atom. The second-order valence-electron chi connectivity index (χ2n) is 2.57. The summed E-state index contributed by atoms with van der Waals surface area (Å²) in [5, 5.41) is 7.96. The van der Waals surface area contributed by atoms with Crippen molar-refractivity contribution in [3.05, 3.63) is 12.2 Å². The zero-order valence-electron chi connectivity index (χ0n) is 7.62. The van der Waals surface area contributed by atoms with E-state index >= 15 is 0 Å². The van der Waals surface area contributed by atoms with Gasteiger partial charge in [-0.1, -0.05) is 6.58 Å². The average Bonchev–Trinajstić information content (AvgIpc) is 2.13. The highest BCUT2D eigenvalue weighted by atomic mass is 19.4. The molecule has 3 nitrogen and oxygen atoms in total.